The first-order valence-electron chi connectivity index (χ1n) is 13.7. The Bertz CT molecular complexity index is 1490. The molecule has 0 spiro atoms. The van der Waals surface area contributed by atoms with Crippen LogP contribution in [0.25, 0.3) is 0 Å². The molecular formula is C34H36F2N2O5. The summed E-state index contributed by atoms with van der Waals surface area (Å²) in [4.78, 5) is 28.0. The summed E-state index contributed by atoms with van der Waals surface area (Å²) in [5.41, 5.74) is 1.74. The number of amides is 1. The summed E-state index contributed by atoms with van der Waals surface area (Å²) < 4.78 is 28.3. The first-order valence-corrected chi connectivity index (χ1v) is 13.7. The van der Waals surface area contributed by atoms with Gasteiger partial charge in [-0.1, -0.05) is 78.9 Å². The second-order valence-corrected chi connectivity index (χ2v) is 9.90. The molecule has 0 aliphatic carbocycles. The van der Waals surface area contributed by atoms with E-state index >= 15 is 0 Å². The molecule has 0 aliphatic rings. The maximum Gasteiger partial charge on any atom is 0.254 e. The lowest BCUT2D eigenvalue weighted by Crippen LogP contribution is -2.31. The number of benzene rings is 4. The fraction of sp³-hybridized carbons (Fsp3) is 0.235. The molecule has 226 valence electrons. The number of rotatable bonds is 11. The summed E-state index contributed by atoms with van der Waals surface area (Å²) >= 11 is 0. The van der Waals surface area contributed by atoms with Crippen LogP contribution in [0.5, 0.6) is 0 Å². The zero-order chi connectivity index (χ0) is 31.4. The van der Waals surface area contributed by atoms with E-state index in [1.807, 2.05) is 30.1 Å². The van der Waals surface area contributed by atoms with Crippen LogP contribution in [0.3, 0.4) is 0 Å². The summed E-state index contributed by atoms with van der Waals surface area (Å²) in [6.45, 7) is 0.908. The van der Waals surface area contributed by atoms with Crippen molar-refractivity contribution < 1.29 is 33.7 Å². The fourth-order valence-corrected chi connectivity index (χ4v) is 4.49. The van der Waals surface area contributed by atoms with Gasteiger partial charge in [0.1, 0.15) is 17.7 Å². The number of hydrogen-bond donors (Lipinski definition) is 3. The second kappa shape index (κ2) is 16.4. The van der Waals surface area contributed by atoms with Crippen LogP contribution in [0.15, 0.2) is 97.1 Å². The number of carbonyl (C=O) groups is 2. The lowest BCUT2D eigenvalue weighted by Gasteiger charge is -2.21. The Morgan fingerprint density at radius 2 is 1.33 bits per heavy atom. The Balaban J connectivity index is 0.000000236. The number of hydrogen-bond acceptors (Lipinski definition) is 6. The van der Waals surface area contributed by atoms with Crippen LogP contribution in [0.2, 0.25) is 0 Å². The van der Waals surface area contributed by atoms with E-state index in [4.69, 9.17) is 10.2 Å². The van der Waals surface area contributed by atoms with E-state index in [-0.39, 0.29) is 30.9 Å². The lowest BCUT2D eigenvalue weighted by atomic mass is 9.96. The monoisotopic (exact) mass is 590 g/mol. The van der Waals surface area contributed by atoms with Gasteiger partial charge < -0.3 is 20.2 Å². The highest BCUT2D eigenvalue weighted by molar-refractivity contribution is 6.15. The van der Waals surface area contributed by atoms with E-state index in [1.165, 1.54) is 30.1 Å². The molecule has 43 heavy (non-hydrogen) atoms. The highest BCUT2D eigenvalue weighted by Gasteiger charge is 2.24. The minimum atomic E-state index is -0.995. The Labute approximate surface area is 250 Å². The highest BCUT2D eigenvalue weighted by atomic mass is 19.1. The van der Waals surface area contributed by atoms with Gasteiger partial charge >= 0.3 is 0 Å². The Morgan fingerprint density at radius 1 is 0.744 bits per heavy atom. The molecule has 0 saturated carbocycles. The van der Waals surface area contributed by atoms with Crippen molar-refractivity contribution in [2.24, 2.45) is 0 Å². The van der Waals surface area contributed by atoms with Gasteiger partial charge in [-0.3, -0.25) is 14.5 Å². The van der Waals surface area contributed by atoms with Crippen molar-refractivity contribution in [1.29, 1.82) is 0 Å². The first kappa shape index (κ1) is 33.2. The minimum absolute atomic E-state index is 0.00944. The Morgan fingerprint density at radius 3 is 1.95 bits per heavy atom. The number of nitrogens with zero attached hydrogens (tertiary/aromatic N) is 2. The van der Waals surface area contributed by atoms with Crippen molar-refractivity contribution in [2.45, 2.75) is 12.6 Å². The van der Waals surface area contributed by atoms with Crippen molar-refractivity contribution >= 4 is 11.7 Å². The maximum absolute atomic E-state index is 14.2. The number of halogens is 2. The number of ketones is 1. The average molecular weight is 591 g/mol. The molecule has 0 aliphatic heterocycles. The van der Waals surface area contributed by atoms with E-state index in [0.717, 1.165) is 11.6 Å². The van der Waals surface area contributed by atoms with Gasteiger partial charge in [-0.25, -0.2) is 8.78 Å². The molecule has 0 fully saturated rings. The zero-order valence-corrected chi connectivity index (χ0v) is 24.2. The van der Waals surface area contributed by atoms with Crippen LogP contribution in [0.4, 0.5) is 8.78 Å². The van der Waals surface area contributed by atoms with Gasteiger partial charge in [0.05, 0.1) is 24.3 Å². The minimum Gasteiger partial charge on any atom is -0.395 e. The van der Waals surface area contributed by atoms with Crippen molar-refractivity contribution in [3.63, 3.8) is 0 Å². The normalized spacial score (nSPS) is 11.4. The molecular weight excluding hydrogens is 554 g/mol. The topological polar surface area (TPSA) is 101 Å². The Kier molecular flexibility index (Phi) is 12.7. The van der Waals surface area contributed by atoms with Crippen LogP contribution in [-0.2, 0) is 6.54 Å². The van der Waals surface area contributed by atoms with Crippen LogP contribution in [0.1, 0.15) is 49.1 Å². The Hall–Kier alpha value is -4.28. The number of aliphatic hydroxyl groups is 3. The van der Waals surface area contributed by atoms with Gasteiger partial charge in [0.25, 0.3) is 5.91 Å². The summed E-state index contributed by atoms with van der Waals surface area (Å²) in [5, 5.41) is 28.4. The predicted octanol–water partition coefficient (Wildman–Crippen LogP) is 4.45. The third-order valence-electron chi connectivity index (χ3n) is 6.74. The van der Waals surface area contributed by atoms with Crippen molar-refractivity contribution in [3.8, 4) is 0 Å². The third-order valence-corrected chi connectivity index (χ3v) is 6.74. The van der Waals surface area contributed by atoms with Crippen LogP contribution in [-0.4, -0.2) is 77.2 Å². The van der Waals surface area contributed by atoms with Gasteiger partial charge in [0, 0.05) is 37.8 Å². The first-order chi connectivity index (χ1) is 20.7. The van der Waals surface area contributed by atoms with Gasteiger partial charge in [-0.2, -0.15) is 0 Å². The number of likely N-dealkylation sites (N-methyl/N-ethyl adjacent to an activating group) is 2. The molecule has 0 saturated heterocycles. The van der Waals surface area contributed by atoms with E-state index < -0.39 is 29.4 Å². The molecule has 0 heterocycles. The molecule has 3 N–H and O–H groups in total. The smallest absolute Gasteiger partial charge is 0.254 e. The van der Waals surface area contributed by atoms with Gasteiger partial charge in [-0.05, 0) is 36.4 Å². The van der Waals surface area contributed by atoms with Gasteiger partial charge in [0.15, 0.2) is 5.78 Å². The molecule has 4 rings (SSSR count). The quantitative estimate of drug-likeness (QED) is 0.223. The second-order valence-electron chi connectivity index (χ2n) is 9.90. The number of carbonyl (C=O) groups excluding carboxylic acids is 2. The standard InChI is InChI=1S/C17H16FNO3.C17H20FNO2/c1-19(10-11-20)17(22)13-8-5-9-14(18)15(13)16(21)12-6-3-2-4-7-12;1-19(10-11-20)12-14-8-5-9-15(18)16(14)17(21)13-6-3-2-4-7-13/h2-9,20H,10-11H2,1H3;2-9,17,20-21H,10-12H2,1H3. The van der Waals surface area contributed by atoms with Crippen LogP contribution >= 0.6 is 0 Å². The lowest BCUT2D eigenvalue weighted by molar-refractivity contribution is 0.0762. The molecule has 4 aromatic carbocycles. The van der Waals surface area contributed by atoms with E-state index in [2.05, 4.69) is 0 Å². The molecule has 0 aromatic heterocycles. The summed E-state index contributed by atoms with van der Waals surface area (Å²) in [7, 11) is 3.33. The van der Waals surface area contributed by atoms with Gasteiger partial charge in [-0.15, -0.1) is 0 Å². The zero-order valence-electron chi connectivity index (χ0n) is 24.2. The van der Waals surface area contributed by atoms with E-state index in [9.17, 15) is 23.5 Å². The maximum atomic E-state index is 14.2. The summed E-state index contributed by atoms with van der Waals surface area (Å²) in [6.07, 6.45) is -0.995. The molecule has 7 nitrogen and oxygen atoms in total. The molecule has 0 radical (unpaired) electrons. The fourth-order valence-electron chi connectivity index (χ4n) is 4.49. The van der Waals surface area contributed by atoms with Gasteiger partial charge in [0.2, 0.25) is 0 Å². The van der Waals surface area contributed by atoms with Crippen LogP contribution < -0.4 is 0 Å². The van der Waals surface area contributed by atoms with Crippen LogP contribution in [0, 0.1) is 11.6 Å². The molecule has 4 aromatic rings. The molecule has 9 heteroatoms. The largest absolute Gasteiger partial charge is 0.395 e. The molecule has 1 unspecified atom stereocenters. The molecule has 1 amide bonds. The van der Waals surface area contributed by atoms with Crippen molar-refractivity contribution in [1.82, 2.24) is 9.80 Å². The van der Waals surface area contributed by atoms with E-state index in [1.54, 1.807) is 54.6 Å². The number of aliphatic hydroxyl groups excluding tert-OH is 3. The average Bonchev–Trinajstić information content (AvgIpc) is 3.01. The van der Waals surface area contributed by atoms with Crippen molar-refractivity contribution in [3.05, 3.63) is 142 Å². The highest BCUT2D eigenvalue weighted by Crippen LogP contribution is 2.28. The molecule has 0 bridgehead atoms. The van der Waals surface area contributed by atoms with Crippen molar-refractivity contribution in [2.75, 3.05) is 40.4 Å². The molecule has 1 atom stereocenters. The summed E-state index contributed by atoms with van der Waals surface area (Å²) in [6, 6.07) is 26.0. The van der Waals surface area contributed by atoms with E-state index in [0.29, 0.717) is 29.8 Å². The SMILES string of the molecule is CN(CCO)C(=O)c1cccc(F)c1C(=O)c1ccccc1.CN(CCO)Cc1cccc(F)c1C(O)c1ccccc1. The third kappa shape index (κ3) is 8.86. The predicted molar refractivity (Wildman–Crippen MR) is 161 cm³/mol. The summed E-state index contributed by atoms with van der Waals surface area (Å²) in [5.74, 6) is -2.20.